The molecule has 0 N–H and O–H groups in total. The summed E-state index contributed by atoms with van der Waals surface area (Å²) in [5.41, 5.74) is 2.45. The van der Waals surface area contributed by atoms with Crippen molar-refractivity contribution in [2.45, 2.75) is 20.3 Å². The summed E-state index contributed by atoms with van der Waals surface area (Å²) in [5.74, 6) is 0.0381. The number of aryl methyl sites for hydroxylation is 1. The molecule has 0 unspecified atom stereocenters. The van der Waals surface area contributed by atoms with Gasteiger partial charge >= 0.3 is 0 Å². The summed E-state index contributed by atoms with van der Waals surface area (Å²) in [7, 11) is 0. The Bertz CT molecular complexity index is 342. The molecule has 0 aromatic carbocycles. The van der Waals surface area contributed by atoms with Crippen LogP contribution in [0.15, 0.2) is 30.5 Å². The Kier molecular flexibility index (Phi) is 2.96. The van der Waals surface area contributed by atoms with E-state index in [2.05, 4.69) is 11.6 Å². The van der Waals surface area contributed by atoms with Crippen LogP contribution in [0.25, 0.3) is 0 Å². The second kappa shape index (κ2) is 3.99. The van der Waals surface area contributed by atoms with E-state index in [4.69, 9.17) is 0 Å². The van der Waals surface area contributed by atoms with Crippen molar-refractivity contribution in [2.24, 2.45) is 0 Å². The Morgan fingerprint density at radius 3 is 2.85 bits per heavy atom. The van der Waals surface area contributed by atoms with E-state index in [1.165, 1.54) is 0 Å². The van der Waals surface area contributed by atoms with Crippen molar-refractivity contribution < 1.29 is 4.79 Å². The van der Waals surface area contributed by atoms with Gasteiger partial charge in [-0.05, 0) is 31.5 Å². The number of rotatable bonds is 3. The lowest BCUT2D eigenvalue weighted by Crippen LogP contribution is -2.02. The van der Waals surface area contributed by atoms with Crippen LogP contribution in [0.2, 0.25) is 0 Å². The summed E-state index contributed by atoms with van der Waals surface area (Å²) in [6.07, 6.45) is 2.04. The first-order chi connectivity index (χ1) is 6.09. The zero-order valence-electron chi connectivity index (χ0n) is 8.00. The van der Waals surface area contributed by atoms with E-state index < -0.39 is 0 Å². The Hall–Kier alpha value is -1.44. The molecule has 0 atom stereocenters. The maximum absolute atomic E-state index is 11.5. The fourth-order valence-electron chi connectivity index (χ4n) is 1.05. The van der Waals surface area contributed by atoms with Gasteiger partial charge in [-0.3, -0.25) is 9.78 Å². The number of ketones is 1. The molecule has 0 saturated carbocycles. The summed E-state index contributed by atoms with van der Waals surface area (Å²) in [6, 6.07) is 3.67. The quantitative estimate of drug-likeness (QED) is 0.522. The van der Waals surface area contributed by atoms with Crippen LogP contribution in [-0.2, 0) is 0 Å². The van der Waals surface area contributed by atoms with Crippen LogP contribution in [0, 0.1) is 6.92 Å². The molecule has 1 rings (SSSR count). The molecule has 0 aliphatic rings. The fraction of sp³-hybridized carbons (Fsp3) is 0.273. The number of hydrogen-bond acceptors (Lipinski definition) is 2. The first kappa shape index (κ1) is 9.65. The summed E-state index contributed by atoms with van der Waals surface area (Å²) < 4.78 is 0. The topological polar surface area (TPSA) is 30.0 Å². The third-order valence-corrected chi connectivity index (χ3v) is 1.66. The largest absolute Gasteiger partial charge is 0.292 e. The molecule has 2 nitrogen and oxygen atoms in total. The molecule has 0 saturated heterocycles. The second-order valence-electron chi connectivity index (χ2n) is 3.28. The van der Waals surface area contributed by atoms with Crippen LogP contribution >= 0.6 is 0 Å². The van der Waals surface area contributed by atoms with Crippen LogP contribution in [0.3, 0.4) is 0 Å². The average molecular weight is 175 g/mol. The summed E-state index contributed by atoms with van der Waals surface area (Å²) in [6.45, 7) is 7.48. The standard InChI is InChI=1S/C11H13NO/c1-8(2)6-11(13)10-7-9(3)4-5-12-10/h4-5,7H,1,6H2,2-3H3. The molecule has 0 fully saturated rings. The van der Waals surface area contributed by atoms with Crippen molar-refractivity contribution in [3.63, 3.8) is 0 Å². The minimum absolute atomic E-state index is 0.0381. The van der Waals surface area contributed by atoms with E-state index >= 15 is 0 Å². The maximum Gasteiger partial charge on any atom is 0.185 e. The van der Waals surface area contributed by atoms with Crippen LogP contribution < -0.4 is 0 Å². The molecule has 0 spiro atoms. The lowest BCUT2D eigenvalue weighted by Gasteiger charge is -1.99. The number of aromatic nitrogens is 1. The SMILES string of the molecule is C=C(C)CC(=O)c1cc(C)ccn1. The molecule has 0 radical (unpaired) electrons. The van der Waals surface area contributed by atoms with E-state index in [9.17, 15) is 4.79 Å². The van der Waals surface area contributed by atoms with Crippen molar-refractivity contribution in [1.29, 1.82) is 0 Å². The molecule has 1 heterocycles. The zero-order valence-corrected chi connectivity index (χ0v) is 8.00. The molecular weight excluding hydrogens is 162 g/mol. The summed E-state index contributed by atoms with van der Waals surface area (Å²) >= 11 is 0. The number of hydrogen-bond donors (Lipinski definition) is 0. The number of nitrogens with zero attached hydrogens (tertiary/aromatic N) is 1. The van der Waals surface area contributed by atoms with Gasteiger partial charge < -0.3 is 0 Å². The van der Waals surface area contributed by atoms with Crippen LogP contribution in [0.1, 0.15) is 29.4 Å². The predicted molar refractivity (Wildman–Crippen MR) is 52.7 cm³/mol. The van der Waals surface area contributed by atoms with E-state index in [0.29, 0.717) is 12.1 Å². The minimum Gasteiger partial charge on any atom is -0.292 e. The van der Waals surface area contributed by atoms with Crippen molar-refractivity contribution >= 4 is 5.78 Å². The molecule has 13 heavy (non-hydrogen) atoms. The van der Waals surface area contributed by atoms with Gasteiger partial charge in [0.2, 0.25) is 0 Å². The van der Waals surface area contributed by atoms with Crippen LogP contribution in [0.5, 0.6) is 0 Å². The third-order valence-electron chi connectivity index (χ3n) is 1.66. The molecule has 0 bridgehead atoms. The maximum atomic E-state index is 11.5. The van der Waals surface area contributed by atoms with Gasteiger partial charge in [0.05, 0.1) is 0 Å². The molecule has 0 amide bonds. The first-order valence-corrected chi connectivity index (χ1v) is 4.20. The number of Topliss-reactive ketones (excluding diaryl/α,β-unsaturated/α-hetero) is 1. The smallest absolute Gasteiger partial charge is 0.185 e. The van der Waals surface area contributed by atoms with Crippen LogP contribution in [0.4, 0.5) is 0 Å². The van der Waals surface area contributed by atoms with E-state index in [0.717, 1.165) is 11.1 Å². The molecule has 0 aliphatic carbocycles. The van der Waals surface area contributed by atoms with Crippen molar-refractivity contribution in [2.75, 3.05) is 0 Å². The molecule has 1 aromatic heterocycles. The Morgan fingerprint density at radius 2 is 2.31 bits per heavy atom. The Labute approximate surface area is 78.3 Å². The number of allylic oxidation sites excluding steroid dienone is 1. The number of carbonyl (C=O) groups is 1. The third kappa shape index (κ3) is 2.82. The molecular formula is C11H13NO. The highest BCUT2D eigenvalue weighted by Gasteiger charge is 2.06. The van der Waals surface area contributed by atoms with Gasteiger partial charge in [0, 0.05) is 12.6 Å². The van der Waals surface area contributed by atoms with Gasteiger partial charge in [0.25, 0.3) is 0 Å². The highest BCUT2D eigenvalue weighted by molar-refractivity contribution is 5.95. The molecule has 1 aromatic rings. The van der Waals surface area contributed by atoms with Gasteiger partial charge in [-0.2, -0.15) is 0 Å². The van der Waals surface area contributed by atoms with E-state index in [1.54, 1.807) is 12.3 Å². The van der Waals surface area contributed by atoms with Gasteiger partial charge in [0.15, 0.2) is 5.78 Å². The van der Waals surface area contributed by atoms with Gasteiger partial charge in [-0.1, -0.05) is 12.2 Å². The van der Waals surface area contributed by atoms with Crippen molar-refractivity contribution in [3.8, 4) is 0 Å². The average Bonchev–Trinajstić information content (AvgIpc) is 2.03. The summed E-state index contributed by atoms with van der Waals surface area (Å²) in [4.78, 5) is 15.5. The van der Waals surface area contributed by atoms with Gasteiger partial charge in [0.1, 0.15) is 5.69 Å². The highest BCUT2D eigenvalue weighted by atomic mass is 16.1. The number of carbonyl (C=O) groups excluding carboxylic acids is 1. The monoisotopic (exact) mass is 175 g/mol. The summed E-state index contributed by atoms with van der Waals surface area (Å²) in [5, 5.41) is 0. The van der Waals surface area contributed by atoms with E-state index in [1.807, 2.05) is 19.9 Å². The highest BCUT2D eigenvalue weighted by Crippen LogP contribution is 2.06. The lowest BCUT2D eigenvalue weighted by atomic mass is 10.1. The van der Waals surface area contributed by atoms with Crippen molar-refractivity contribution in [3.05, 3.63) is 41.7 Å². The lowest BCUT2D eigenvalue weighted by molar-refractivity contribution is 0.0988. The van der Waals surface area contributed by atoms with Crippen LogP contribution in [-0.4, -0.2) is 10.8 Å². The number of pyridine rings is 1. The van der Waals surface area contributed by atoms with Gasteiger partial charge in [-0.15, -0.1) is 0 Å². The Balaban J connectivity index is 2.83. The van der Waals surface area contributed by atoms with E-state index in [-0.39, 0.29) is 5.78 Å². The molecule has 2 heteroatoms. The van der Waals surface area contributed by atoms with Crippen molar-refractivity contribution in [1.82, 2.24) is 4.98 Å². The Morgan fingerprint density at radius 1 is 1.62 bits per heavy atom. The zero-order chi connectivity index (χ0) is 9.84. The fourth-order valence-corrected chi connectivity index (χ4v) is 1.05. The first-order valence-electron chi connectivity index (χ1n) is 4.20. The second-order valence-corrected chi connectivity index (χ2v) is 3.28. The normalized spacial score (nSPS) is 9.69. The van der Waals surface area contributed by atoms with Gasteiger partial charge in [-0.25, -0.2) is 0 Å². The molecule has 68 valence electrons. The minimum atomic E-state index is 0.0381. The molecule has 0 aliphatic heterocycles. The predicted octanol–water partition coefficient (Wildman–Crippen LogP) is 2.54.